The quantitative estimate of drug-likeness (QED) is 0.772. The molecule has 20 heavy (non-hydrogen) atoms. The maximum absolute atomic E-state index is 12.1. The van der Waals surface area contributed by atoms with E-state index in [0.29, 0.717) is 10.3 Å². The molecule has 1 heterocycles. The number of rotatable bonds is 4. The zero-order valence-corrected chi connectivity index (χ0v) is 12.6. The predicted octanol–water partition coefficient (Wildman–Crippen LogP) is 1.98. The van der Waals surface area contributed by atoms with Gasteiger partial charge in [-0.1, -0.05) is 15.9 Å². The molecule has 0 bridgehead atoms. The second-order valence-electron chi connectivity index (χ2n) is 3.97. The molecule has 0 aliphatic rings. The van der Waals surface area contributed by atoms with Crippen molar-refractivity contribution in [2.24, 2.45) is 0 Å². The molecule has 106 valence electrons. The van der Waals surface area contributed by atoms with Gasteiger partial charge in [-0.3, -0.25) is 4.72 Å². The van der Waals surface area contributed by atoms with E-state index in [9.17, 15) is 13.2 Å². The Labute approximate surface area is 123 Å². The lowest BCUT2D eigenvalue weighted by Crippen LogP contribution is -2.14. The molecule has 0 spiro atoms. The highest BCUT2D eigenvalue weighted by atomic mass is 79.9. The van der Waals surface area contributed by atoms with Crippen molar-refractivity contribution in [2.45, 2.75) is 11.9 Å². The molecular weight excluding hydrogens is 350 g/mol. The SMILES string of the molecule is Cc1ncc(S(=O)(=O)Nc2cc(Br)cc(C(=O)O)c2)[nH]1. The smallest absolute Gasteiger partial charge is 0.335 e. The fourth-order valence-electron chi connectivity index (χ4n) is 1.52. The number of carboxylic acids is 1. The minimum atomic E-state index is -3.83. The highest BCUT2D eigenvalue weighted by molar-refractivity contribution is 9.10. The number of sulfonamides is 1. The van der Waals surface area contributed by atoms with Gasteiger partial charge in [0.15, 0.2) is 5.03 Å². The van der Waals surface area contributed by atoms with Crippen LogP contribution in [0.2, 0.25) is 0 Å². The molecule has 2 rings (SSSR count). The number of aromatic nitrogens is 2. The number of anilines is 1. The maximum atomic E-state index is 12.1. The number of halogens is 1. The van der Waals surface area contributed by atoms with Gasteiger partial charge in [0, 0.05) is 4.47 Å². The molecule has 2 aromatic rings. The summed E-state index contributed by atoms with van der Waals surface area (Å²) in [7, 11) is -3.83. The monoisotopic (exact) mass is 359 g/mol. The Balaban J connectivity index is 2.37. The van der Waals surface area contributed by atoms with Crippen LogP contribution in [0.15, 0.2) is 33.9 Å². The van der Waals surface area contributed by atoms with Gasteiger partial charge in [-0.25, -0.2) is 9.78 Å². The largest absolute Gasteiger partial charge is 0.478 e. The number of carboxylic acid groups (broad SMARTS) is 1. The van der Waals surface area contributed by atoms with E-state index in [2.05, 4.69) is 30.6 Å². The molecule has 3 N–H and O–H groups in total. The number of benzene rings is 1. The van der Waals surface area contributed by atoms with E-state index >= 15 is 0 Å². The summed E-state index contributed by atoms with van der Waals surface area (Å²) in [4.78, 5) is 17.3. The summed E-state index contributed by atoms with van der Waals surface area (Å²) in [6.45, 7) is 1.63. The lowest BCUT2D eigenvalue weighted by molar-refractivity contribution is 0.0697. The maximum Gasteiger partial charge on any atom is 0.335 e. The van der Waals surface area contributed by atoms with Crippen LogP contribution in [-0.2, 0) is 10.0 Å². The van der Waals surface area contributed by atoms with E-state index < -0.39 is 16.0 Å². The van der Waals surface area contributed by atoms with Gasteiger partial charge in [0.25, 0.3) is 10.0 Å². The van der Waals surface area contributed by atoms with Crippen LogP contribution < -0.4 is 4.72 Å². The van der Waals surface area contributed by atoms with Crippen LogP contribution in [0.4, 0.5) is 5.69 Å². The molecule has 0 fully saturated rings. The first-order valence-electron chi connectivity index (χ1n) is 5.36. The lowest BCUT2D eigenvalue weighted by atomic mass is 10.2. The Bertz CT molecular complexity index is 770. The summed E-state index contributed by atoms with van der Waals surface area (Å²) in [5.41, 5.74) is 0.113. The summed E-state index contributed by atoms with van der Waals surface area (Å²) in [5.74, 6) is -0.685. The fraction of sp³-hybridized carbons (Fsp3) is 0.0909. The first-order valence-corrected chi connectivity index (χ1v) is 7.64. The van der Waals surface area contributed by atoms with Gasteiger partial charge in [-0.2, -0.15) is 8.42 Å². The molecule has 0 unspecified atom stereocenters. The molecule has 1 aromatic heterocycles. The van der Waals surface area contributed by atoms with E-state index in [4.69, 9.17) is 5.11 Å². The highest BCUT2D eigenvalue weighted by Gasteiger charge is 2.17. The van der Waals surface area contributed by atoms with Crippen molar-refractivity contribution in [3.8, 4) is 0 Å². The third kappa shape index (κ3) is 3.17. The molecule has 1 aromatic carbocycles. The van der Waals surface area contributed by atoms with Crippen LogP contribution in [-0.4, -0.2) is 29.5 Å². The number of aryl methyl sites for hydroxylation is 1. The topological polar surface area (TPSA) is 112 Å². The van der Waals surface area contributed by atoms with Crippen LogP contribution in [0.25, 0.3) is 0 Å². The number of aromatic carboxylic acids is 1. The molecule has 0 saturated heterocycles. The molecule has 9 heteroatoms. The van der Waals surface area contributed by atoms with Crippen LogP contribution in [0.5, 0.6) is 0 Å². The van der Waals surface area contributed by atoms with Gasteiger partial charge in [0.05, 0.1) is 17.4 Å². The van der Waals surface area contributed by atoms with Gasteiger partial charge in [0.2, 0.25) is 0 Å². The van der Waals surface area contributed by atoms with Gasteiger partial charge in [0.1, 0.15) is 5.82 Å². The minimum Gasteiger partial charge on any atom is -0.478 e. The van der Waals surface area contributed by atoms with E-state index in [1.54, 1.807) is 6.92 Å². The Morgan fingerprint density at radius 3 is 2.65 bits per heavy atom. The Kier molecular flexibility index (Phi) is 3.82. The van der Waals surface area contributed by atoms with Gasteiger partial charge < -0.3 is 10.1 Å². The van der Waals surface area contributed by atoms with Crippen molar-refractivity contribution in [1.82, 2.24) is 9.97 Å². The zero-order chi connectivity index (χ0) is 14.9. The summed E-state index contributed by atoms with van der Waals surface area (Å²) in [6.07, 6.45) is 1.19. The average Bonchev–Trinajstić information content (AvgIpc) is 2.75. The first-order chi connectivity index (χ1) is 9.28. The Hall–Kier alpha value is -1.87. The van der Waals surface area contributed by atoms with Crippen LogP contribution in [0, 0.1) is 6.92 Å². The van der Waals surface area contributed by atoms with Crippen LogP contribution in [0.3, 0.4) is 0 Å². The second kappa shape index (κ2) is 5.25. The van der Waals surface area contributed by atoms with E-state index in [1.807, 2.05) is 0 Å². The summed E-state index contributed by atoms with van der Waals surface area (Å²) >= 11 is 3.13. The molecular formula is C11H10BrN3O4S. The fourth-order valence-corrected chi connectivity index (χ4v) is 3.02. The zero-order valence-electron chi connectivity index (χ0n) is 10.2. The van der Waals surface area contributed by atoms with Crippen LogP contribution in [0.1, 0.15) is 16.2 Å². The van der Waals surface area contributed by atoms with Crippen molar-refractivity contribution in [3.05, 3.63) is 40.3 Å². The van der Waals surface area contributed by atoms with Crippen molar-refractivity contribution in [3.63, 3.8) is 0 Å². The van der Waals surface area contributed by atoms with Crippen molar-refractivity contribution < 1.29 is 18.3 Å². The molecule has 0 radical (unpaired) electrons. The summed E-state index contributed by atoms with van der Waals surface area (Å²) < 4.78 is 26.9. The number of H-pyrrole nitrogens is 1. The van der Waals surface area contributed by atoms with Crippen molar-refractivity contribution >= 4 is 37.6 Å². The molecule has 0 saturated carbocycles. The van der Waals surface area contributed by atoms with Crippen molar-refractivity contribution in [2.75, 3.05) is 4.72 Å². The van der Waals surface area contributed by atoms with Gasteiger partial charge in [-0.05, 0) is 25.1 Å². The molecule has 0 amide bonds. The number of nitrogens with one attached hydrogen (secondary N) is 2. The molecule has 0 aliphatic heterocycles. The third-order valence-corrected chi connectivity index (χ3v) is 4.11. The predicted molar refractivity (Wildman–Crippen MR) is 75.2 cm³/mol. The summed E-state index contributed by atoms with van der Waals surface area (Å²) in [5, 5.41) is 8.85. The minimum absolute atomic E-state index is 0.0298. The number of nitrogens with zero attached hydrogens (tertiary/aromatic N) is 1. The number of aromatic amines is 1. The number of imidazole rings is 1. The average molecular weight is 360 g/mol. The molecule has 7 nitrogen and oxygen atoms in total. The van der Waals surface area contributed by atoms with E-state index in [1.165, 1.54) is 24.4 Å². The molecule has 0 aliphatic carbocycles. The third-order valence-electron chi connectivity index (χ3n) is 2.37. The summed E-state index contributed by atoms with van der Waals surface area (Å²) in [6, 6.07) is 4.07. The second-order valence-corrected chi connectivity index (χ2v) is 6.54. The standard InChI is InChI=1S/C11H10BrN3O4S/c1-6-13-5-10(14-6)20(18,19)15-9-3-7(11(16)17)2-8(12)4-9/h2-5,15H,1H3,(H,13,14)(H,16,17). The van der Waals surface area contributed by atoms with Crippen molar-refractivity contribution in [1.29, 1.82) is 0 Å². The van der Waals surface area contributed by atoms with Crippen LogP contribution >= 0.6 is 15.9 Å². The molecule has 0 atom stereocenters. The van der Waals surface area contributed by atoms with E-state index in [-0.39, 0.29) is 16.3 Å². The lowest BCUT2D eigenvalue weighted by Gasteiger charge is -2.07. The van der Waals surface area contributed by atoms with Gasteiger partial charge >= 0.3 is 5.97 Å². The van der Waals surface area contributed by atoms with Gasteiger partial charge in [-0.15, -0.1) is 0 Å². The first kappa shape index (κ1) is 14.5. The van der Waals surface area contributed by atoms with E-state index in [0.717, 1.165) is 0 Å². The normalized spacial score (nSPS) is 11.3. The highest BCUT2D eigenvalue weighted by Crippen LogP contribution is 2.22. The number of carbonyl (C=O) groups is 1. The number of hydrogen-bond donors (Lipinski definition) is 3. The number of hydrogen-bond acceptors (Lipinski definition) is 4. The Morgan fingerprint density at radius 2 is 2.10 bits per heavy atom. The Morgan fingerprint density at radius 1 is 1.40 bits per heavy atom.